The summed E-state index contributed by atoms with van der Waals surface area (Å²) in [7, 11) is 1.53. The fourth-order valence-electron chi connectivity index (χ4n) is 5.23. The van der Waals surface area contributed by atoms with Gasteiger partial charge in [0.15, 0.2) is 0 Å². The Morgan fingerprint density at radius 1 is 1.11 bits per heavy atom. The average Bonchev–Trinajstić information content (AvgIpc) is 2.90. The third kappa shape index (κ3) is 9.00. The zero-order valence-electron chi connectivity index (χ0n) is 22.6. The molecule has 3 unspecified atom stereocenters. The van der Waals surface area contributed by atoms with Crippen molar-refractivity contribution in [1.29, 1.82) is 0 Å². The molecule has 3 N–H and O–H groups in total. The topological polar surface area (TPSA) is 101 Å². The van der Waals surface area contributed by atoms with E-state index in [-0.39, 0.29) is 11.8 Å². The molecule has 1 aromatic carbocycles. The summed E-state index contributed by atoms with van der Waals surface area (Å²) in [5, 5.41) is 24.9. The van der Waals surface area contributed by atoms with Gasteiger partial charge >= 0.3 is 0 Å². The molecule has 1 aromatic heterocycles. The maximum absolute atomic E-state index is 13.6. The Bertz CT molecular complexity index is 946. The second kappa shape index (κ2) is 14.9. The number of aromatic nitrogens is 1. The van der Waals surface area contributed by atoms with Crippen molar-refractivity contribution in [2.45, 2.75) is 89.9 Å². The molecular weight excluding hydrogens is 468 g/mol. The number of carbonyl (C=O) groups excluding carboxylic acids is 1. The van der Waals surface area contributed by atoms with Crippen LogP contribution in [0.4, 0.5) is 0 Å². The SMILES string of the molecule is COc1cccc(OCCCc2cccnc2)c1C(=O)NC(CC1CCCCC1)C(O)C(O)CC(C)C. The standard InChI is InChI=1S/C30H44N2O5/c1-21(2)18-25(33)29(34)24(19-22-10-5-4-6-11-22)32-30(35)28-26(36-3)14-7-15-27(28)37-17-9-13-23-12-8-16-31-20-23/h7-8,12,14-16,20-22,24-25,29,33-34H,4-6,9-11,13,17-19H2,1-3H3,(H,32,35). The molecule has 3 atom stereocenters. The number of nitrogens with zero attached hydrogens (tertiary/aromatic N) is 1. The number of carbonyl (C=O) groups is 1. The van der Waals surface area contributed by atoms with Crippen LogP contribution in [0.15, 0.2) is 42.7 Å². The van der Waals surface area contributed by atoms with Gasteiger partial charge in [-0.3, -0.25) is 9.78 Å². The minimum absolute atomic E-state index is 0.233. The summed E-state index contributed by atoms with van der Waals surface area (Å²) in [6, 6.07) is 8.68. The molecule has 7 heteroatoms. The van der Waals surface area contributed by atoms with Crippen LogP contribution in [-0.4, -0.2) is 53.1 Å². The number of hydrogen-bond acceptors (Lipinski definition) is 6. The molecule has 3 rings (SSSR count). The Morgan fingerprint density at radius 2 is 1.86 bits per heavy atom. The summed E-state index contributed by atoms with van der Waals surface area (Å²) < 4.78 is 11.6. The lowest BCUT2D eigenvalue weighted by Gasteiger charge is -2.33. The first-order chi connectivity index (χ1) is 17.9. The van der Waals surface area contributed by atoms with Gasteiger partial charge in [0.1, 0.15) is 23.2 Å². The van der Waals surface area contributed by atoms with Crippen LogP contribution in [-0.2, 0) is 6.42 Å². The summed E-state index contributed by atoms with van der Waals surface area (Å²) in [5.74, 6) is 1.14. The van der Waals surface area contributed by atoms with E-state index >= 15 is 0 Å². The molecule has 0 radical (unpaired) electrons. The van der Waals surface area contributed by atoms with Gasteiger partial charge in [-0.1, -0.05) is 58.1 Å². The molecule has 1 aliphatic carbocycles. The Morgan fingerprint density at radius 3 is 2.54 bits per heavy atom. The molecule has 1 aliphatic rings. The second-order valence-electron chi connectivity index (χ2n) is 10.7. The Balaban J connectivity index is 1.73. The van der Waals surface area contributed by atoms with E-state index in [4.69, 9.17) is 9.47 Å². The predicted molar refractivity (Wildman–Crippen MR) is 145 cm³/mol. The quantitative estimate of drug-likeness (QED) is 0.310. The molecule has 1 fully saturated rings. The number of nitrogens with one attached hydrogen (secondary N) is 1. The molecule has 1 heterocycles. The smallest absolute Gasteiger partial charge is 0.259 e. The van der Waals surface area contributed by atoms with E-state index in [0.29, 0.717) is 42.4 Å². The van der Waals surface area contributed by atoms with Gasteiger partial charge in [-0.05, 0) is 61.3 Å². The molecule has 0 aliphatic heterocycles. The molecule has 1 amide bonds. The van der Waals surface area contributed by atoms with Crippen LogP contribution in [0, 0.1) is 11.8 Å². The number of benzene rings is 1. The number of hydrogen-bond donors (Lipinski definition) is 3. The predicted octanol–water partition coefficient (Wildman–Crippen LogP) is 4.94. The number of ether oxygens (including phenoxy) is 2. The van der Waals surface area contributed by atoms with Crippen molar-refractivity contribution in [3.8, 4) is 11.5 Å². The molecule has 204 valence electrons. The normalized spacial score (nSPS) is 16.7. The van der Waals surface area contributed by atoms with Gasteiger partial charge in [-0.15, -0.1) is 0 Å². The van der Waals surface area contributed by atoms with Gasteiger partial charge in [-0.2, -0.15) is 0 Å². The van der Waals surface area contributed by atoms with Gasteiger partial charge in [0.25, 0.3) is 5.91 Å². The molecule has 1 saturated carbocycles. The fraction of sp³-hybridized carbons (Fsp3) is 0.600. The van der Waals surface area contributed by atoms with Crippen molar-refractivity contribution in [1.82, 2.24) is 10.3 Å². The van der Waals surface area contributed by atoms with E-state index in [0.717, 1.165) is 31.2 Å². The number of amides is 1. The summed E-state index contributed by atoms with van der Waals surface area (Å²) in [4.78, 5) is 17.8. The minimum Gasteiger partial charge on any atom is -0.496 e. The highest BCUT2D eigenvalue weighted by molar-refractivity contribution is 6.00. The van der Waals surface area contributed by atoms with Gasteiger partial charge in [0.2, 0.25) is 0 Å². The van der Waals surface area contributed by atoms with Gasteiger partial charge in [0.05, 0.1) is 25.9 Å². The summed E-state index contributed by atoms with van der Waals surface area (Å²) in [5.41, 5.74) is 1.44. The summed E-state index contributed by atoms with van der Waals surface area (Å²) in [6.07, 6.45) is 10.1. The zero-order chi connectivity index (χ0) is 26.6. The number of aliphatic hydroxyl groups is 2. The van der Waals surface area contributed by atoms with E-state index in [9.17, 15) is 15.0 Å². The largest absolute Gasteiger partial charge is 0.496 e. The monoisotopic (exact) mass is 512 g/mol. The molecule has 0 bridgehead atoms. The van der Waals surface area contributed by atoms with Crippen molar-refractivity contribution in [3.63, 3.8) is 0 Å². The highest BCUT2D eigenvalue weighted by atomic mass is 16.5. The number of rotatable bonds is 14. The number of pyridine rings is 1. The van der Waals surface area contributed by atoms with Crippen LogP contribution in [0.5, 0.6) is 11.5 Å². The number of aliphatic hydroxyl groups excluding tert-OH is 2. The van der Waals surface area contributed by atoms with Crippen LogP contribution in [0.1, 0.15) is 81.1 Å². The van der Waals surface area contributed by atoms with Gasteiger partial charge in [0, 0.05) is 12.4 Å². The van der Waals surface area contributed by atoms with Crippen molar-refractivity contribution >= 4 is 5.91 Å². The molecule has 0 saturated heterocycles. The Labute approximate surface area is 221 Å². The van der Waals surface area contributed by atoms with Crippen molar-refractivity contribution < 1.29 is 24.5 Å². The maximum Gasteiger partial charge on any atom is 0.259 e. The number of methoxy groups -OCH3 is 1. The van der Waals surface area contributed by atoms with Gasteiger partial charge in [-0.25, -0.2) is 0 Å². The Hall–Kier alpha value is -2.64. The van der Waals surface area contributed by atoms with E-state index in [1.807, 2.05) is 32.2 Å². The molecule has 7 nitrogen and oxygen atoms in total. The third-order valence-electron chi connectivity index (χ3n) is 7.17. The molecular formula is C30H44N2O5. The molecule has 0 spiro atoms. The lowest BCUT2D eigenvalue weighted by molar-refractivity contribution is -0.0186. The first-order valence-corrected chi connectivity index (χ1v) is 13.7. The Kier molecular flexibility index (Phi) is 11.7. The van der Waals surface area contributed by atoms with Crippen LogP contribution < -0.4 is 14.8 Å². The summed E-state index contributed by atoms with van der Waals surface area (Å²) >= 11 is 0. The van der Waals surface area contributed by atoms with Crippen LogP contribution >= 0.6 is 0 Å². The van der Waals surface area contributed by atoms with Crippen molar-refractivity contribution in [3.05, 3.63) is 53.9 Å². The third-order valence-corrected chi connectivity index (χ3v) is 7.17. The first kappa shape index (κ1) is 28.9. The molecule has 37 heavy (non-hydrogen) atoms. The van der Waals surface area contributed by atoms with Crippen LogP contribution in [0.25, 0.3) is 0 Å². The van der Waals surface area contributed by atoms with E-state index in [2.05, 4.69) is 10.3 Å². The number of aryl methyl sites for hydroxylation is 1. The van der Waals surface area contributed by atoms with Crippen molar-refractivity contribution in [2.75, 3.05) is 13.7 Å². The van der Waals surface area contributed by atoms with Gasteiger partial charge < -0.3 is 25.0 Å². The average molecular weight is 513 g/mol. The first-order valence-electron chi connectivity index (χ1n) is 13.7. The maximum atomic E-state index is 13.6. The minimum atomic E-state index is -1.05. The highest BCUT2D eigenvalue weighted by Gasteiger charge is 2.32. The van der Waals surface area contributed by atoms with Crippen LogP contribution in [0.2, 0.25) is 0 Å². The fourth-order valence-corrected chi connectivity index (χ4v) is 5.23. The molecule has 2 aromatic rings. The zero-order valence-corrected chi connectivity index (χ0v) is 22.6. The van der Waals surface area contributed by atoms with Crippen molar-refractivity contribution in [2.24, 2.45) is 11.8 Å². The van der Waals surface area contributed by atoms with E-state index in [1.54, 1.807) is 24.4 Å². The van der Waals surface area contributed by atoms with E-state index < -0.39 is 18.2 Å². The highest BCUT2D eigenvalue weighted by Crippen LogP contribution is 2.31. The van der Waals surface area contributed by atoms with E-state index in [1.165, 1.54) is 26.4 Å². The lowest BCUT2D eigenvalue weighted by atomic mass is 9.82. The van der Waals surface area contributed by atoms with Crippen LogP contribution in [0.3, 0.4) is 0 Å². The summed E-state index contributed by atoms with van der Waals surface area (Å²) in [6.45, 7) is 4.46. The second-order valence-corrected chi connectivity index (χ2v) is 10.7. The lowest BCUT2D eigenvalue weighted by Crippen LogP contribution is -2.50.